The molecule has 1 amide bonds. The van der Waals surface area contributed by atoms with Crippen LogP contribution >= 0.6 is 0 Å². The van der Waals surface area contributed by atoms with Gasteiger partial charge in [-0.2, -0.15) is 5.10 Å². The Morgan fingerprint density at radius 3 is 2.93 bits per heavy atom. The second-order valence-electron chi connectivity index (χ2n) is 2.58. The summed E-state index contributed by atoms with van der Waals surface area (Å²) in [5.41, 5.74) is -0.537. The van der Waals surface area contributed by atoms with Crippen molar-refractivity contribution < 1.29 is 4.79 Å². The van der Waals surface area contributed by atoms with Gasteiger partial charge in [0.2, 0.25) is 5.82 Å². The number of H-pyrrole nitrogens is 2. The van der Waals surface area contributed by atoms with Gasteiger partial charge in [-0.15, -0.1) is 0 Å². The van der Waals surface area contributed by atoms with Crippen molar-refractivity contribution in [2.75, 3.05) is 5.32 Å². The van der Waals surface area contributed by atoms with E-state index >= 15 is 0 Å². The lowest BCUT2D eigenvalue weighted by molar-refractivity contribution is 0.101. The highest BCUT2D eigenvalue weighted by atomic mass is 16.2. The molecule has 0 fully saturated rings. The van der Waals surface area contributed by atoms with Crippen molar-refractivity contribution in [3.63, 3.8) is 0 Å². The summed E-state index contributed by atoms with van der Waals surface area (Å²) in [7, 11) is 0. The van der Waals surface area contributed by atoms with Crippen LogP contribution in [-0.2, 0) is 0 Å². The average Bonchev–Trinajstić information content (AvgIpc) is 2.70. The van der Waals surface area contributed by atoms with Crippen LogP contribution in [0.2, 0.25) is 0 Å². The molecule has 2 aromatic heterocycles. The van der Waals surface area contributed by atoms with Crippen LogP contribution in [0.5, 0.6) is 0 Å². The molecule has 0 saturated heterocycles. The SMILES string of the molecule is O=C(Nc1ccnc(=O)[nH]1)c1ncn[nH]1. The van der Waals surface area contributed by atoms with Crippen LogP contribution in [0.25, 0.3) is 0 Å². The van der Waals surface area contributed by atoms with Crippen molar-refractivity contribution in [3.8, 4) is 0 Å². The highest BCUT2D eigenvalue weighted by molar-refractivity contribution is 6.00. The molecule has 0 bridgehead atoms. The maximum atomic E-state index is 11.4. The van der Waals surface area contributed by atoms with E-state index in [1.807, 2.05) is 0 Å². The number of amides is 1. The van der Waals surface area contributed by atoms with Gasteiger partial charge in [-0.3, -0.25) is 14.9 Å². The number of nitrogens with zero attached hydrogens (tertiary/aromatic N) is 3. The van der Waals surface area contributed by atoms with Gasteiger partial charge in [-0.25, -0.2) is 14.8 Å². The third-order valence-corrected chi connectivity index (χ3v) is 1.55. The monoisotopic (exact) mass is 206 g/mol. The Hall–Kier alpha value is -2.51. The van der Waals surface area contributed by atoms with Gasteiger partial charge < -0.3 is 5.32 Å². The number of anilines is 1. The van der Waals surface area contributed by atoms with Crippen molar-refractivity contribution in [2.24, 2.45) is 0 Å². The minimum absolute atomic E-state index is 0.0626. The van der Waals surface area contributed by atoms with Crippen LogP contribution in [-0.4, -0.2) is 31.1 Å². The molecule has 0 aliphatic heterocycles. The van der Waals surface area contributed by atoms with E-state index < -0.39 is 11.6 Å². The lowest BCUT2D eigenvalue weighted by Gasteiger charge is -2.00. The number of aromatic nitrogens is 5. The highest BCUT2D eigenvalue weighted by Gasteiger charge is 2.08. The zero-order valence-corrected chi connectivity index (χ0v) is 7.39. The number of carbonyl (C=O) groups is 1. The molecule has 0 aliphatic rings. The number of carbonyl (C=O) groups excluding carboxylic acids is 1. The fourth-order valence-corrected chi connectivity index (χ4v) is 0.938. The smallest absolute Gasteiger partial charge is 0.305 e. The van der Waals surface area contributed by atoms with Crippen molar-refractivity contribution in [3.05, 3.63) is 34.9 Å². The van der Waals surface area contributed by atoms with Gasteiger partial charge in [0, 0.05) is 6.20 Å². The topological polar surface area (TPSA) is 116 Å². The van der Waals surface area contributed by atoms with Gasteiger partial charge in [0.25, 0.3) is 5.91 Å². The van der Waals surface area contributed by atoms with E-state index in [2.05, 4.69) is 30.5 Å². The predicted octanol–water partition coefficient (Wildman–Crippen LogP) is -0.860. The van der Waals surface area contributed by atoms with Crippen LogP contribution in [0.1, 0.15) is 10.6 Å². The first-order valence-electron chi connectivity index (χ1n) is 3.98. The Kier molecular flexibility index (Phi) is 2.23. The number of hydrogen-bond donors (Lipinski definition) is 3. The first-order chi connectivity index (χ1) is 7.25. The summed E-state index contributed by atoms with van der Waals surface area (Å²) in [6.07, 6.45) is 2.50. The molecule has 0 unspecified atom stereocenters. The summed E-state index contributed by atoms with van der Waals surface area (Å²) in [6, 6.07) is 1.45. The Morgan fingerprint density at radius 2 is 2.27 bits per heavy atom. The normalized spacial score (nSPS) is 9.87. The Morgan fingerprint density at radius 1 is 1.40 bits per heavy atom. The Balaban J connectivity index is 2.16. The maximum absolute atomic E-state index is 11.4. The van der Waals surface area contributed by atoms with E-state index in [0.29, 0.717) is 0 Å². The molecular weight excluding hydrogens is 200 g/mol. The van der Waals surface area contributed by atoms with Gasteiger partial charge in [-0.1, -0.05) is 0 Å². The molecule has 0 saturated carbocycles. The van der Waals surface area contributed by atoms with E-state index in [4.69, 9.17) is 0 Å². The number of nitrogens with one attached hydrogen (secondary N) is 3. The molecule has 2 heterocycles. The molecule has 3 N–H and O–H groups in total. The third kappa shape index (κ3) is 2.05. The molecule has 8 nitrogen and oxygen atoms in total. The molecule has 2 aromatic rings. The zero-order valence-electron chi connectivity index (χ0n) is 7.39. The minimum Gasteiger partial charge on any atom is -0.305 e. The van der Waals surface area contributed by atoms with Crippen LogP contribution < -0.4 is 11.0 Å². The van der Waals surface area contributed by atoms with Gasteiger partial charge in [0.1, 0.15) is 12.1 Å². The van der Waals surface area contributed by atoms with Gasteiger partial charge >= 0.3 is 5.69 Å². The quantitative estimate of drug-likeness (QED) is 0.591. The van der Waals surface area contributed by atoms with Crippen molar-refractivity contribution in [1.82, 2.24) is 25.1 Å². The van der Waals surface area contributed by atoms with Crippen molar-refractivity contribution in [1.29, 1.82) is 0 Å². The average molecular weight is 206 g/mol. The summed E-state index contributed by atoms with van der Waals surface area (Å²) >= 11 is 0. The highest BCUT2D eigenvalue weighted by Crippen LogP contribution is 1.98. The molecule has 0 spiro atoms. The molecule has 0 aliphatic carbocycles. The van der Waals surface area contributed by atoms with E-state index in [1.165, 1.54) is 18.6 Å². The lowest BCUT2D eigenvalue weighted by Crippen LogP contribution is -2.18. The number of aromatic amines is 2. The van der Waals surface area contributed by atoms with Gasteiger partial charge in [0.15, 0.2) is 0 Å². The number of rotatable bonds is 2. The molecule has 0 radical (unpaired) electrons. The third-order valence-electron chi connectivity index (χ3n) is 1.55. The van der Waals surface area contributed by atoms with E-state index in [0.717, 1.165) is 0 Å². The van der Waals surface area contributed by atoms with E-state index in [-0.39, 0.29) is 11.6 Å². The summed E-state index contributed by atoms with van der Waals surface area (Å²) in [4.78, 5) is 31.6. The lowest BCUT2D eigenvalue weighted by atomic mass is 10.5. The second kappa shape index (κ2) is 3.70. The predicted molar refractivity (Wildman–Crippen MR) is 49.2 cm³/mol. The summed E-state index contributed by atoms with van der Waals surface area (Å²) < 4.78 is 0. The minimum atomic E-state index is -0.537. The summed E-state index contributed by atoms with van der Waals surface area (Å²) in [6.45, 7) is 0. The fourth-order valence-electron chi connectivity index (χ4n) is 0.938. The van der Waals surface area contributed by atoms with Crippen molar-refractivity contribution >= 4 is 11.7 Å². The molecular formula is C7H6N6O2. The summed E-state index contributed by atoms with van der Waals surface area (Å²) in [5.74, 6) is -0.182. The molecule has 15 heavy (non-hydrogen) atoms. The molecule has 0 atom stereocenters. The van der Waals surface area contributed by atoms with Crippen molar-refractivity contribution in [2.45, 2.75) is 0 Å². The summed E-state index contributed by atoms with van der Waals surface area (Å²) in [5, 5.41) is 8.33. The van der Waals surface area contributed by atoms with E-state index in [1.54, 1.807) is 0 Å². The first-order valence-corrected chi connectivity index (χ1v) is 3.98. The van der Waals surface area contributed by atoms with Gasteiger partial charge in [-0.05, 0) is 6.07 Å². The Bertz CT molecular complexity index is 516. The fraction of sp³-hybridized carbons (Fsp3) is 0. The maximum Gasteiger partial charge on any atom is 0.346 e. The second-order valence-corrected chi connectivity index (χ2v) is 2.58. The molecule has 2 rings (SSSR count). The van der Waals surface area contributed by atoms with Gasteiger partial charge in [0.05, 0.1) is 0 Å². The molecule has 0 aromatic carbocycles. The van der Waals surface area contributed by atoms with E-state index in [9.17, 15) is 9.59 Å². The molecule has 8 heteroatoms. The van der Waals surface area contributed by atoms with Crippen LogP contribution in [0.15, 0.2) is 23.4 Å². The zero-order chi connectivity index (χ0) is 10.7. The first kappa shape index (κ1) is 9.06. The van der Waals surface area contributed by atoms with Crippen LogP contribution in [0, 0.1) is 0 Å². The van der Waals surface area contributed by atoms with Crippen LogP contribution in [0.4, 0.5) is 5.82 Å². The number of hydrogen-bond acceptors (Lipinski definition) is 5. The molecule has 76 valence electrons. The Labute approximate surface area is 82.8 Å². The largest absolute Gasteiger partial charge is 0.346 e. The van der Waals surface area contributed by atoms with Crippen LogP contribution in [0.3, 0.4) is 0 Å². The standard InChI is InChI=1S/C7H6N6O2/c14-6(5-9-3-10-13-5)11-4-1-2-8-7(15)12-4/h1-3H,(H,9,10,13)(H2,8,11,12,14,15).